The van der Waals surface area contributed by atoms with Gasteiger partial charge in [0.05, 0.1) is 43.0 Å². The lowest BCUT2D eigenvalue weighted by atomic mass is 9.94. The van der Waals surface area contributed by atoms with Crippen molar-refractivity contribution in [1.82, 2.24) is 0 Å². The van der Waals surface area contributed by atoms with Gasteiger partial charge in [-0.15, -0.1) is 0 Å². The summed E-state index contributed by atoms with van der Waals surface area (Å²) < 4.78 is 6.47. The van der Waals surface area contributed by atoms with Crippen molar-refractivity contribution in [3.63, 3.8) is 0 Å². The van der Waals surface area contributed by atoms with Crippen LogP contribution in [0.15, 0.2) is 91.0 Å². The Morgan fingerprint density at radius 1 is 0.391 bits per heavy atom. The minimum atomic E-state index is -1.94. The zero-order valence-corrected chi connectivity index (χ0v) is 53.3. The van der Waals surface area contributed by atoms with Crippen LogP contribution in [-0.2, 0) is 4.43 Å². The highest BCUT2D eigenvalue weighted by Gasteiger charge is 2.36. The van der Waals surface area contributed by atoms with Crippen LogP contribution in [0, 0.1) is 102 Å². The van der Waals surface area contributed by atoms with E-state index in [1.54, 1.807) is 0 Å². The molecule has 6 rings (SSSR count). The van der Waals surface area contributed by atoms with Crippen LogP contribution < -0.4 is 0 Å². The Labute approximate surface area is 522 Å². The van der Waals surface area contributed by atoms with Gasteiger partial charge in [0.2, 0.25) is 0 Å². The van der Waals surface area contributed by atoms with Crippen molar-refractivity contribution in [2.24, 2.45) is 0 Å². The van der Waals surface area contributed by atoms with Crippen LogP contribution in [0.2, 0.25) is 18.1 Å². The molecule has 0 unspecified atom stereocenters. The van der Waals surface area contributed by atoms with Crippen molar-refractivity contribution in [2.45, 2.75) is 156 Å². The third-order valence-electron chi connectivity index (χ3n) is 14.9. The van der Waals surface area contributed by atoms with Crippen LogP contribution in [0.25, 0.3) is 73.2 Å². The topological polar surface area (TPSA) is 69.9 Å². The summed E-state index contributed by atoms with van der Waals surface area (Å²) in [4.78, 5) is 12.3. The Morgan fingerprint density at radius 3 is 0.920 bits per heavy atom. The van der Waals surface area contributed by atoms with Crippen molar-refractivity contribution in [3.05, 3.63) is 209 Å². The molecule has 0 saturated heterocycles. The third-order valence-corrected chi connectivity index (χ3v) is 19.5. The quantitative estimate of drug-likeness (QED) is 0.0541. The molecule has 5 aromatic rings. The maximum atomic E-state index is 11.1. The van der Waals surface area contributed by atoms with E-state index < -0.39 is 8.32 Å². The Balaban J connectivity index is 1.72. The molecule has 1 aliphatic rings. The second-order valence-electron chi connectivity index (χ2n) is 23.1. The highest BCUT2D eigenvalue weighted by Crippen LogP contribution is 2.37. The average Bonchev–Trinajstić information content (AvgIpc) is 3.12. The van der Waals surface area contributed by atoms with Crippen molar-refractivity contribution in [1.29, 1.82) is 10.5 Å². The summed E-state index contributed by atoms with van der Waals surface area (Å²) in [5.74, 6) is 33.5. The van der Waals surface area contributed by atoms with Crippen molar-refractivity contribution < 1.29 is 4.43 Å². The number of hydrogen-bond acceptors (Lipinski definition) is 3. The van der Waals surface area contributed by atoms with Gasteiger partial charge in [0.25, 0.3) is 0 Å². The molecule has 7 heteroatoms. The highest BCUT2D eigenvalue weighted by molar-refractivity contribution is 6.74. The second kappa shape index (κ2) is 33.6. The van der Waals surface area contributed by atoms with E-state index in [0.29, 0.717) is 150 Å². The standard InChI is InChI=1S/C80H77N5OSi/c1-13-17-21-26-32-60-38-65-48-70(43-60)76(59-82)54-66-39-62(33-27-22-18-14-2)45-72(50-66)78(84-9)56-68-41-64(35-29-24-20-16-4)47-74(52-68)79(85-10)57-69-42-63(34-28-23-19-15-3)46-73(51-69)77(83-8)55-67-40-61(44-71(49-67)75(53-65)58-81)36-30-25-31-37-86-87(11,12)80(5,6)7/h38-57H,13-25,31,37H2,1-7,11-12H3/b75-53+,76-54?,77-55-,78-56-,79-57-. The van der Waals surface area contributed by atoms with Gasteiger partial charge in [0.1, 0.15) is 0 Å². The second-order valence-corrected chi connectivity index (χ2v) is 27.9. The van der Waals surface area contributed by atoms with E-state index >= 15 is 0 Å². The number of benzene rings is 5. The smallest absolute Gasteiger partial charge is 0.194 e. The molecule has 0 aromatic heterocycles. The van der Waals surface area contributed by atoms with E-state index in [9.17, 15) is 10.5 Å². The van der Waals surface area contributed by atoms with Gasteiger partial charge in [-0.2, -0.15) is 10.5 Å². The van der Waals surface area contributed by atoms with Crippen LogP contribution in [0.3, 0.4) is 0 Å². The van der Waals surface area contributed by atoms with Gasteiger partial charge in [0.15, 0.2) is 25.4 Å². The lowest BCUT2D eigenvalue weighted by molar-refractivity contribution is 0.284. The first-order valence-electron chi connectivity index (χ1n) is 30.4. The molecule has 0 amide bonds. The SMILES string of the molecule is [C-]#[N+]/C1=C\c2cc(C#CCCCC)cc(c2)/C([N+]#[C-])=C/c2cc(C#CCCCC)cc(c2)/C([N+]#[C-])=C/c2cc(C#CCCCO[Si](C)(C)C(C)(C)C)cc(c2)/C(C#N)=C/c2cc(C#CCCCC)cc(c2)C(C#N)=Cc2cc(C#CCCCC)cc1c2. The van der Waals surface area contributed by atoms with E-state index in [-0.39, 0.29) is 5.04 Å². The van der Waals surface area contributed by atoms with E-state index in [0.717, 1.165) is 57.8 Å². The Kier molecular flexibility index (Phi) is 25.7. The maximum absolute atomic E-state index is 11.1. The van der Waals surface area contributed by atoms with Gasteiger partial charge in [-0.25, -0.2) is 14.5 Å². The molecule has 10 bridgehead atoms. The van der Waals surface area contributed by atoms with Gasteiger partial charge >= 0.3 is 0 Å². The number of hydrogen-bond donors (Lipinski definition) is 0. The van der Waals surface area contributed by atoms with Crippen molar-refractivity contribution >= 4 is 66.9 Å². The van der Waals surface area contributed by atoms with E-state index in [4.69, 9.17) is 24.1 Å². The lowest BCUT2D eigenvalue weighted by Gasteiger charge is -2.36. The lowest BCUT2D eigenvalue weighted by Crippen LogP contribution is -2.40. The van der Waals surface area contributed by atoms with E-state index in [1.807, 2.05) is 121 Å². The molecular formula is C80H77N5OSi. The third kappa shape index (κ3) is 20.5. The largest absolute Gasteiger partial charge is 0.417 e. The monoisotopic (exact) mass is 1150 g/mol. The minimum absolute atomic E-state index is 0.0930. The van der Waals surface area contributed by atoms with Gasteiger partial charge in [0, 0.05) is 66.5 Å². The molecule has 0 radical (unpaired) electrons. The fourth-order valence-electron chi connectivity index (χ4n) is 9.09. The normalized spacial score (nSPS) is 14.2. The fourth-order valence-corrected chi connectivity index (χ4v) is 10.2. The summed E-state index contributed by atoms with van der Waals surface area (Å²) in [6, 6.07) is 33.7. The first kappa shape index (κ1) is 66.4. The summed E-state index contributed by atoms with van der Waals surface area (Å²) in [5, 5.41) is 22.3. The highest BCUT2D eigenvalue weighted by atomic mass is 28.4. The molecule has 0 aliphatic heterocycles. The van der Waals surface area contributed by atoms with Crippen molar-refractivity contribution in [2.75, 3.05) is 6.61 Å². The van der Waals surface area contributed by atoms with Crippen LogP contribution >= 0.6 is 0 Å². The molecular weight excluding hydrogens is 1070 g/mol. The molecule has 0 saturated carbocycles. The molecule has 432 valence electrons. The summed E-state index contributed by atoms with van der Waals surface area (Å²) in [5.41, 5.74) is 11.5. The molecule has 0 atom stereocenters. The van der Waals surface area contributed by atoms with Crippen LogP contribution in [-0.4, -0.2) is 14.9 Å². The molecule has 0 spiro atoms. The number of rotatable bonds is 12. The minimum Gasteiger partial charge on any atom is -0.417 e. The Bertz CT molecular complexity index is 4040. The number of nitriles is 2. The predicted molar refractivity (Wildman–Crippen MR) is 367 cm³/mol. The van der Waals surface area contributed by atoms with Crippen LogP contribution in [0.1, 0.15) is 222 Å². The van der Waals surface area contributed by atoms with Crippen molar-refractivity contribution in [3.8, 4) is 71.3 Å². The molecule has 0 N–H and O–H groups in total. The first-order valence-corrected chi connectivity index (χ1v) is 33.3. The fraction of sp³-hybridized carbons (Fsp3) is 0.312. The maximum Gasteiger partial charge on any atom is 0.194 e. The van der Waals surface area contributed by atoms with Gasteiger partial charge in [-0.3, -0.25) is 0 Å². The average molecular weight is 1150 g/mol. The number of unbranched alkanes of at least 4 members (excludes halogenated alkanes) is 9. The van der Waals surface area contributed by atoms with E-state index in [1.165, 1.54) is 0 Å². The number of allylic oxidation sites excluding steroid dienone is 2. The molecule has 1 aliphatic carbocycles. The first-order chi connectivity index (χ1) is 42.0. The molecule has 0 heterocycles. The van der Waals surface area contributed by atoms with Crippen LogP contribution in [0.4, 0.5) is 0 Å². The molecule has 0 fully saturated rings. The molecule has 87 heavy (non-hydrogen) atoms. The van der Waals surface area contributed by atoms with Gasteiger partial charge in [-0.1, -0.05) is 152 Å². The van der Waals surface area contributed by atoms with Gasteiger partial charge in [-0.05, 0) is 209 Å². The molecule has 6 nitrogen and oxygen atoms in total. The van der Waals surface area contributed by atoms with E-state index in [2.05, 4.69) is 147 Å². The summed E-state index contributed by atoms with van der Waals surface area (Å²) in [7, 11) is -1.94. The Morgan fingerprint density at radius 2 is 0.655 bits per heavy atom. The number of fused-ring (bicyclic) bond motifs is 10. The van der Waals surface area contributed by atoms with Gasteiger partial charge < -0.3 is 4.43 Å². The van der Waals surface area contributed by atoms with Crippen LogP contribution in [0.5, 0.6) is 0 Å². The summed E-state index contributed by atoms with van der Waals surface area (Å²) in [6.07, 6.45) is 21.1. The predicted octanol–water partition coefficient (Wildman–Crippen LogP) is 20.7. The molecule has 5 aromatic carbocycles. The number of nitrogens with zero attached hydrogens (tertiary/aromatic N) is 5. The zero-order valence-electron chi connectivity index (χ0n) is 52.3. The summed E-state index contributed by atoms with van der Waals surface area (Å²) >= 11 is 0. The Hall–Kier alpha value is -9.77. The zero-order chi connectivity index (χ0) is 62.6. The summed E-state index contributed by atoms with van der Waals surface area (Å²) in [6.45, 7) is 46.3.